The fourth-order valence-electron chi connectivity index (χ4n) is 3.37. The van der Waals surface area contributed by atoms with E-state index >= 15 is 0 Å². The molecule has 1 saturated heterocycles. The highest BCUT2D eigenvalue weighted by Gasteiger charge is 2.23. The van der Waals surface area contributed by atoms with Gasteiger partial charge in [-0.15, -0.1) is 0 Å². The van der Waals surface area contributed by atoms with E-state index in [0.29, 0.717) is 0 Å². The number of hydrogen-bond donors (Lipinski definition) is 1. The van der Waals surface area contributed by atoms with E-state index in [1.54, 1.807) is 0 Å². The van der Waals surface area contributed by atoms with E-state index < -0.39 is 0 Å². The highest BCUT2D eigenvalue weighted by molar-refractivity contribution is 5.95. The van der Waals surface area contributed by atoms with Crippen LogP contribution in [0.2, 0.25) is 0 Å². The highest BCUT2D eigenvalue weighted by atomic mass is 16.2. The van der Waals surface area contributed by atoms with Gasteiger partial charge >= 0.3 is 0 Å². The number of hydrogen-bond acceptors (Lipinski definition) is 2. The SMILES string of the molecule is Cc1ccc(C(=O)N2CCN(c3cccc4[nH]ccc34)CC2)cc1. The van der Waals surface area contributed by atoms with Crippen molar-refractivity contribution in [3.8, 4) is 0 Å². The van der Waals surface area contributed by atoms with Crippen LogP contribution in [0.15, 0.2) is 54.7 Å². The summed E-state index contributed by atoms with van der Waals surface area (Å²) in [5.74, 6) is 0.134. The fraction of sp³-hybridized carbons (Fsp3) is 0.250. The maximum atomic E-state index is 12.6. The van der Waals surface area contributed by atoms with Gasteiger partial charge in [-0.25, -0.2) is 0 Å². The van der Waals surface area contributed by atoms with Gasteiger partial charge in [-0.1, -0.05) is 23.8 Å². The Morgan fingerprint density at radius 1 is 0.958 bits per heavy atom. The van der Waals surface area contributed by atoms with Crippen molar-refractivity contribution in [3.05, 3.63) is 65.9 Å². The molecule has 0 saturated carbocycles. The Labute approximate surface area is 141 Å². The third-order valence-electron chi connectivity index (χ3n) is 4.78. The molecule has 4 nitrogen and oxygen atoms in total. The van der Waals surface area contributed by atoms with Gasteiger partial charge in [0.15, 0.2) is 0 Å². The van der Waals surface area contributed by atoms with Crippen molar-refractivity contribution in [2.45, 2.75) is 6.92 Å². The van der Waals surface area contributed by atoms with Gasteiger partial charge in [-0.05, 0) is 37.3 Å². The first-order chi connectivity index (χ1) is 11.7. The van der Waals surface area contributed by atoms with E-state index in [-0.39, 0.29) is 5.91 Å². The van der Waals surface area contributed by atoms with Crippen LogP contribution in [0.1, 0.15) is 15.9 Å². The lowest BCUT2D eigenvalue weighted by Gasteiger charge is -2.36. The van der Waals surface area contributed by atoms with Crippen molar-refractivity contribution in [3.63, 3.8) is 0 Å². The first-order valence-corrected chi connectivity index (χ1v) is 8.39. The molecule has 0 unspecified atom stereocenters. The minimum absolute atomic E-state index is 0.134. The third kappa shape index (κ3) is 2.64. The molecule has 1 aliphatic heterocycles. The zero-order chi connectivity index (χ0) is 16.5. The number of amides is 1. The number of carbonyl (C=O) groups excluding carboxylic acids is 1. The third-order valence-corrected chi connectivity index (χ3v) is 4.78. The molecule has 1 aromatic heterocycles. The van der Waals surface area contributed by atoms with Gasteiger partial charge in [0.05, 0.1) is 0 Å². The summed E-state index contributed by atoms with van der Waals surface area (Å²) < 4.78 is 0. The van der Waals surface area contributed by atoms with E-state index in [1.807, 2.05) is 42.3 Å². The van der Waals surface area contributed by atoms with E-state index in [0.717, 1.165) is 37.3 Å². The number of fused-ring (bicyclic) bond motifs is 1. The average molecular weight is 319 g/mol. The number of piperazine rings is 1. The zero-order valence-corrected chi connectivity index (χ0v) is 13.8. The van der Waals surface area contributed by atoms with E-state index in [9.17, 15) is 4.79 Å². The van der Waals surface area contributed by atoms with E-state index in [1.165, 1.54) is 16.6 Å². The van der Waals surface area contributed by atoms with Gasteiger partial charge in [0.25, 0.3) is 5.91 Å². The normalized spacial score (nSPS) is 15.0. The van der Waals surface area contributed by atoms with Crippen molar-refractivity contribution < 1.29 is 4.79 Å². The summed E-state index contributed by atoms with van der Waals surface area (Å²) in [6.45, 7) is 5.28. The van der Waals surface area contributed by atoms with Gasteiger partial charge in [0.2, 0.25) is 0 Å². The lowest BCUT2D eigenvalue weighted by molar-refractivity contribution is 0.0747. The number of anilines is 1. The molecule has 0 spiro atoms. The number of H-pyrrole nitrogens is 1. The number of benzene rings is 2. The van der Waals surface area contributed by atoms with Crippen LogP contribution in [0.25, 0.3) is 10.9 Å². The second kappa shape index (κ2) is 6.04. The van der Waals surface area contributed by atoms with Gasteiger partial charge in [0, 0.05) is 54.5 Å². The molecule has 0 radical (unpaired) electrons. The predicted molar refractivity (Wildman–Crippen MR) is 97.6 cm³/mol. The molecule has 1 N–H and O–H groups in total. The summed E-state index contributed by atoms with van der Waals surface area (Å²) in [5, 5.41) is 1.25. The summed E-state index contributed by atoms with van der Waals surface area (Å²) >= 11 is 0. The molecule has 1 fully saturated rings. The molecule has 0 aliphatic carbocycles. The Morgan fingerprint density at radius 3 is 2.46 bits per heavy atom. The molecule has 4 rings (SSSR count). The molecule has 1 aliphatic rings. The Bertz CT molecular complexity index is 858. The van der Waals surface area contributed by atoms with Crippen LogP contribution in [0.4, 0.5) is 5.69 Å². The standard InChI is InChI=1S/C20H21N3O/c1-15-5-7-16(8-6-15)20(24)23-13-11-22(12-14-23)19-4-2-3-18-17(19)9-10-21-18/h2-10,21H,11-14H2,1H3. The molecule has 2 heterocycles. The van der Waals surface area contributed by atoms with Crippen molar-refractivity contribution >= 4 is 22.5 Å². The number of nitrogens with zero attached hydrogens (tertiary/aromatic N) is 2. The Balaban J connectivity index is 1.48. The van der Waals surface area contributed by atoms with Gasteiger partial charge in [-0.2, -0.15) is 0 Å². The number of carbonyl (C=O) groups is 1. The molecule has 1 amide bonds. The second-order valence-corrected chi connectivity index (χ2v) is 6.36. The van der Waals surface area contributed by atoms with Crippen LogP contribution in [-0.4, -0.2) is 42.0 Å². The second-order valence-electron chi connectivity index (χ2n) is 6.36. The summed E-state index contributed by atoms with van der Waals surface area (Å²) in [4.78, 5) is 20.2. The first-order valence-electron chi connectivity index (χ1n) is 8.39. The lowest BCUT2D eigenvalue weighted by Crippen LogP contribution is -2.48. The van der Waals surface area contributed by atoms with Crippen LogP contribution < -0.4 is 4.90 Å². The van der Waals surface area contributed by atoms with Gasteiger partial charge in [0.1, 0.15) is 0 Å². The first kappa shape index (κ1) is 14.8. The molecule has 0 bridgehead atoms. The summed E-state index contributed by atoms with van der Waals surface area (Å²) in [6.07, 6.45) is 1.98. The molecular weight excluding hydrogens is 298 g/mol. The smallest absolute Gasteiger partial charge is 0.253 e. The molecule has 24 heavy (non-hydrogen) atoms. The highest BCUT2D eigenvalue weighted by Crippen LogP contribution is 2.27. The van der Waals surface area contributed by atoms with Crippen LogP contribution in [0, 0.1) is 6.92 Å². The van der Waals surface area contributed by atoms with Gasteiger partial charge < -0.3 is 14.8 Å². The largest absolute Gasteiger partial charge is 0.367 e. The molecular formula is C20H21N3O. The predicted octanol–water partition coefficient (Wildman–Crippen LogP) is 3.44. The molecule has 122 valence electrons. The summed E-state index contributed by atoms with van der Waals surface area (Å²) in [6, 6.07) is 16.3. The lowest BCUT2D eigenvalue weighted by atomic mass is 10.1. The quantitative estimate of drug-likeness (QED) is 0.786. The molecule has 0 atom stereocenters. The van der Waals surface area contributed by atoms with Crippen molar-refractivity contribution in [1.29, 1.82) is 0 Å². The topological polar surface area (TPSA) is 39.3 Å². The van der Waals surface area contributed by atoms with Crippen molar-refractivity contribution in [1.82, 2.24) is 9.88 Å². The number of aromatic nitrogens is 1. The zero-order valence-electron chi connectivity index (χ0n) is 13.8. The Kier molecular flexibility index (Phi) is 3.73. The average Bonchev–Trinajstić information content (AvgIpc) is 3.11. The van der Waals surface area contributed by atoms with Crippen LogP contribution in [-0.2, 0) is 0 Å². The van der Waals surface area contributed by atoms with Crippen molar-refractivity contribution in [2.75, 3.05) is 31.1 Å². The number of aryl methyl sites for hydroxylation is 1. The van der Waals surface area contributed by atoms with Crippen molar-refractivity contribution in [2.24, 2.45) is 0 Å². The van der Waals surface area contributed by atoms with Crippen LogP contribution in [0.3, 0.4) is 0 Å². The molecule has 4 heteroatoms. The summed E-state index contributed by atoms with van der Waals surface area (Å²) in [7, 11) is 0. The summed E-state index contributed by atoms with van der Waals surface area (Å²) in [5.41, 5.74) is 4.36. The number of aromatic amines is 1. The van der Waals surface area contributed by atoms with E-state index in [4.69, 9.17) is 0 Å². The minimum atomic E-state index is 0.134. The molecule has 3 aromatic rings. The van der Waals surface area contributed by atoms with E-state index in [2.05, 4.69) is 34.1 Å². The number of nitrogens with one attached hydrogen (secondary N) is 1. The maximum absolute atomic E-state index is 12.6. The Hall–Kier alpha value is -2.75. The monoisotopic (exact) mass is 319 g/mol. The fourth-order valence-corrected chi connectivity index (χ4v) is 3.37. The van der Waals surface area contributed by atoms with Gasteiger partial charge in [-0.3, -0.25) is 4.79 Å². The minimum Gasteiger partial charge on any atom is -0.367 e. The van der Waals surface area contributed by atoms with Crippen LogP contribution >= 0.6 is 0 Å². The van der Waals surface area contributed by atoms with Crippen LogP contribution in [0.5, 0.6) is 0 Å². The Morgan fingerprint density at radius 2 is 1.71 bits per heavy atom. The maximum Gasteiger partial charge on any atom is 0.253 e. The molecule has 2 aromatic carbocycles. The number of rotatable bonds is 2.